The fourth-order valence-electron chi connectivity index (χ4n) is 4.40. The van der Waals surface area contributed by atoms with Crippen molar-refractivity contribution in [2.75, 3.05) is 37.6 Å². The number of fused-ring (bicyclic) bond motifs is 1. The first-order chi connectivity index (χ1) is 10.5. The highest BCUT2D eigenvalue weighted by atomic mass is 16.3. The molecule has 1 N–H and O–H groups in total. The minimum atomic E-state index is -0.376. The van der Waals surface area contributed by atoms with Crippen molar-refractivity contribution in [3.63, 3.8) is 0 Å². The van der Waals surface area contributed by atoms with Crippen LogP contribution in [0.1, 0.15) is 30.5 Å². The molecule has 2 saturated heterocycles. The molecule has 1 aromatic heterocycles. The molecule has 3 fully saturated rings. The summed E-state index contributed by atoms with van der Waals surface area (Å²) in [4.78, 5) is 13.7. The third kappa shape index (κ3) is 2.40. The van der Waals surface area contributed by atoms with Crippen molar-refractivity contribution in [1.29, 1.82) is 0 Å². The second-order valence-corrected chi connectivity index (χ2v) is 7.60. The smallest absolute Gasteiger partial charge is 0.135 e. The third-order valence-electron chi connectivity index (χ3n) is 5.97. The summed E-state index contributed by atoms with van der Waals surface area (Å²) in [5, 5.41) is 10.4. The third-order valence-corrected chi connectivity index (χ3v) is 5.97. The molecule has 2 unspecified atom stereocenters. The number of nitrogens with zero attached hydrogens (tertiary/aromatic N) is 4. The van der Waals surface area contributed by atoms with E-state index < -0.39 is 0 Å². The standard InChI is InChI=1S/C17H26N4O/c1-12-13(2)18-11-19-16(12)21-8-14-6-20(7-15(14)9-21)10-17(22)4-3-5-17/h11,14-15,22H,3-10H2,1-2H3. The van der Waals surface area contributed by atoms with Crippen molar-refractivity contribution < 1.29 is 5.11 Å². The molecule has 22 heavy (non-hydrogen) atoms. The number of rotatable bonds is 3. The van der Waals surface area contributed by atoms with E-state index in [9.17, 15) is 5.11 Å². The molecule has 0 amide bonds. The number of aromatic nitrogens is 2. The van der Waals surface area contributed by atoms with Crippen molar-refractivity contribution in [2.24, 2.45) is 11.8 Å². The number of aryl methyl sites for hydroxylation is 1. The first kappa shape index (κ1) is 14.4. The van der Waals surface area contributed by atoms with E-state index in [1.54, 1.807) is 6.33 Å². The molecule has 1 aromatic rings. The van der Waals surface area contributed by atoms with Gasteiger partial charge in [-0.05, 0) is 44.9 Å². The topological polar surface area (TPSA) is 52.5 Å². The van der Waals surface area contributed by atoms with Gasteiger partial charge < -0.3 is 10.0 Å². The second kappa shape index (κ2) is 5.17. The lowest BCUT2D eigenvalue weighted by Gasteiger charge is -2.40. The molecule has 5 heteroatoms. The van der Waals surface area contributed by atoms with Crippen LogP contribution in [-0.4, -0.2) is 58.3 Å². The summed E-state index contributed by atoms with van der Waals surface area (Å²) in [5.41, 5.74) is 1.91. The molecule has 1 aliphatic carbocycles. The fourth-order valence-corrected chi connectivity index (χ4v) is 4.40. The van der Waals surface area contributed by atoms with Gasteiger partial charge in [0.15, 0.2) is 0 Å². The quantitative estimate of drug-likeness (QED) is 0.914. The number of hydrogen-bond acceptors (Lipinski definition) is 5. The molecule has 0 radical (unpaired) electrons. The van der Waals surface area contributed by atoms with E-state index in [-0.39, 0.29) is 5.60 Å². The zero-order valence-electron chi connectivity index (χ0n) is 13.6. The van der Waals surface area contributed by atoms with Crippen molar-refractivity contribution in [1.82, 2.24) is 14.9 Å². The molecule has 0 bridgehead atoms. The Balaban J connectivity index is 1.40. The van der Waals surface area contributed by atoms with Gasteiger partial charge in [-0.3, -0.25) is 4.90 Å². The lowest BCUT2D eigenvalue weighted by atomic mass is 9.80. The number of β-amino-alcohol motifs (C(OH)–C–C–N with tert-alkyl or cyclic N) is 1. The summed E-state index contributed by atoms with van der Waals surface area (Å²) >= 11 is 0. The molecule has 0 spiro atoms. The van der Waals surface area contributed by atoms with Crippen LogP contribution in [0.4, 0.5) is 5.82 Å². The summed E-state index contributed by atoms with van der Waals surface area (Å²) in [6.45, 7) is 9.51. The van der Waals surface area contributed by atoms with Gasteiger partial charge in [0.25, 0.3) is 0 Å². The average molecular weight is 302 g/mol. The number of aliphatic hydroxyl groups is 1. The van der Waals surface area contributed by atoms with Crippen molar-refractivity contribution in [3.05, 3.63) is 17.6 Å². The van der Waals surface area contributed by atoms with E-state index in [1.165, 1.54) is 12.0 Å². The first-order valence-electron chi connectivity index (χ1n) is 8.52. The zero-order valence-corrected chi connectivity index (χ0v) is 13.6. The maximum absolute atomic E-state index is 10.4. The summed E-state index contributed by atoms with van der Waals surface area (Å²) in [7, 11) is 0. The Bertz CT molecular complexity index is 558. The molecule has 4 rings (SSSR count). The normalized spacial score (nSPS) is 30.4. The second-order valence-electron chi connectivity index (χ2n) is 7.60. The summed E-state index contributed by atoms with van der Waals surface area (Å²) < 4.78 is 0. The van der Waals surface area contributed by atoms with Crippen LogP contribution in [0.3, 0.4) is 0 Å². The average Bonchev–Trinajstić information content (AvgIpc) is 2.98. The predicted octanol–water partition coefficient (Wildman–Crippen LogP) is 1.38. The van der Waals surface area contributed by atoms with Crippen LogP contribution in [0.5, 0.6) is 0 Å². The first-order valence-corrected chi connectivity index (χ1v) is 8.52. The lowest BCUT2D eigenvalue weighted by Crippen LogP contribution is -2.48. The van der Waals surface area contributed by atoms with E-state index in [4.69, 9.17) is 0 Å². The summed E-state index contributed by atoms with van der Waals surface area (Å²) in [5.74, 6) is 2.56. The van der Waals surface area contributed by atoms with Gasteiger partial charge in [0.05, 0.1) is 5.60 Å². The molecule has 5 nitrogen and oxygen atoms in total. The van der Waals surface area contributed by atoms with Crippen LogP contribution in [0.25, 0.3) is 0 Å². The highest BCUT2D eigenvalue weighted by Gasteiger charge is 2.44. The largest absolute Gasteiger partial charge is 0.389 e. The van der Waals surface area contributed by atoms with Gasteiger partial charge in [-0.15, -0.1) is 0 Å². The minimum absolute atomic E-state index is 0.376. The SMILES string of the molecule is Cc1ncnc(N2CC3CN(CC4(O)CCC4)CC3C2)c1C. The molecule has 120 valence electrons. The van der Waals surface area contributed by atoms with Crippen LogP contribution < -0.4 is 4.90 Å². The molecule has 1 saturated carbocycles. The molecule has 3 aliphatic rings. The highest BCUT2D eigenvalue weighted by molar-refractivity contribution is 5.48. The van der Waals surface area contributed by atoms with Crippen LogP contribution >= 0.6 is 0 Å². The van der Waals surface area contributed by atoms with Gasteiger partial charge >= 0.3 is 0 Å². The van der Waals surface area contributed by atoms with E-state index in [2.05, 4.69) is 33.6 Å². The monoisotopic (exact) mass is 302 g/mol. The van der Waals surface area contributed by atoms with Crippen LogP contribution in [-0.2, 0) is 0 Å². The number of anilines is 1. The Hall–Kier alpha value is -1.20. The van der Waals surface area contributed by atoms with Crippen LogP contribution in [0, 0.1) is 25.7 Å². The van der Waals surface area contributed by atoms with Gasteiger partial charge in [0.2, 0.25) is 0 Å². The number of likely N-dealkylation sites (tertiary alicyclic amines) is 1. The lowest BCUT2D eigenvalue weighted by molar-refractivity contribution is -0.0557. The summed E-state index contributed by atoms with van der Waals surface area (Å²) in [6.07, 6.45) is 4.86. The summed E-state index contributed by atoms with van der Waals surface area (Å²) in [6, 6.07) is 0. The minimum Gasteiger partial charge on any atom is -0.389 e. The molecule has 2 atom stereocenters. The Morgan fingerprint density at radius 2 is 1.82 bits per heavy atom. The molecular weight excluding hydrogens is 276 g/mol. The maximum Gasteiger partial charge on any atom is 0.135 e. The van der Waals surface area contributed by atoms with E-state index in [0.29, 0.717) is 0 Å². The van der Waals surface area contributed by atoms with Gasteiger partial charge in [-0.25, -0.2) is 9.97 Å². The van der Waals surface area contributed by atoms with Crippen LogP contribution in [0.2, 0.25) is 0 Å². The Morgan fingerprint density at radius 1 is 1.14 bits per heavy atom. The molecule has 0 aromatic carbocycles. The van der Waals surface area contributed by atoms with E-state index >= 15 is 0 Å². The molecule has 2 aliphatic heterocycles. The maximum atomic E-state index is 10.4. The van der Waals surface area contributed by atoms with Crippen LogP contribution in [0.15, 0.2) is 6.33 Å². The Kier molecular flexibility index (Phi) is 3.38. The van der Waals surface area contributed by atoms with Gasteiger partial charge in [0, 0.05) is 44.0 Å². The molecular formula is C17H26N4O. The Labute approximate surface area is 132 Å². The predicted molar refractivity (Wildman–Crippen MR) is 85.9 cm³/mol. The Morgan fingerprint density at radius 3 is 2.41 bits per heavy atom. The number of hydrogen-bond donors (Lipinski definition) is 1. The van der Waals surface area contributed by atoms with E-state index in [0.717, 1.165) is 68.9 Å². The fraction of sp³-hybridized carbons (Fsp3) is 0.765. The van der Waals surface area contributed by atoms with Gasteiger partial charge in [-0.1, -0.05) is 0 Å². The molecule has 3 heterocycles. The van der Waals surface area contributed by atoms with Crippen molar-refractivity contribution in [2.45, 2.75) is 38.7 Å². The van der Waals surface area contributed by atoms with Crippen molar-refractivity contribution >= 4 is 5.82 Å². The van der Waals surface area contributed by atoms with Gasteiger partial charge in [-0.2, -0.15) is 0 Å². The van der Waals surface area contributed by atoms with Gasteiger partial charge in [0.1, 0.15) is 12.1 Å². The highest BCUT2D eigenvalue weighted by Crippen LogP contribution is 2.38. The van der Waals surface area contributed by atoms with Crippen molar-refractivity contribution in [3.8, 4) is 0 Å². The van der Waals surface area contributed by atoms with E-state index in [1.807, 2.05) is 0 Å². The zero-order chi connectivity index (χ0) is 15.3.